The topological polar surface area (TPSA) is 51.0 Å². The van der Waals surface area contributed by atoms with Gasteiger partial charge in [-0.25, -0.2) is 0 Å². The fourth-order valence-corrected chi connectivity index (χ4v) is 2.84. The summed E-state index contributed by atoms with van der Waals surface area (Å²) >= 11 is 12.3. The maximum Gasteiger partial charge on any atom is 0.260 e. The number of benzene rings is 1. The normalized spacial score (nSPS) is 19.6. The molecule has 1 atom stereocenters. The van der Waals surface area contributed by atoms with Crippen LogP contribution in [0.1, 0.15) is 24.6 Å². The number of halogens is 2. The Balaban J connectivity index is 1.92. The van der Waals surface area contributed by atoms with Crippen LogP contribution >= 0.6 is 23.2 Å². The molecule has 4 nitrogen and oxygen atoms in total. The van der Waals surface area contributed by atoms with Crippen molar-refractivity contribution in [2.45, 2.75) is 18.8 Å². The summed E-state index contributed by atoms with van der Waals surface area (Å²) in [5.74, 6) is 1.40. The lowest BCUT2D eigenvalue weighted by Gasteiger charge is -2.19. The van der Waals surface area contributed by atoms with Gasteiger partial charge in [0.15, 0.2) is 5.82 Å². The minimum Gasteiger partial charge on any atom is -0.334 e. The van der Waals surface area contributed by atoms with Crippen LogP contribution in [0.3, 0.4) is 0 Å². The van der Waals surface area contributed by atoms with Gasteiger partial charge in [0.25, 0.3) is 5.89 Å². The minimum atomic E-state index is 0.299. The molecule has 1 N–H and O–H groups in total. The summed E-state index contributed by atoms with van der Waals surface area (Å²) in [5.41, 5.74) is 0.605. The third kappa shape index (κ3) is 2.61. The average molecular weight is 298 g/mol. The van der Waals surface area contributed by atoms with Crippen LogP contribution in [0.2, 0.25) is 10.0 Å². The molecule has 0 bridgehead atoms. The summed E-state index contributed by atoms with van der Waals surface area (Å²) < 4.78 is 5.31. The number of piperidine rings is 1. The molecule has 2 heterocycles. The van der Waals surface area contributed by atoms with Crippen LogP contribution in [0.4, 0.5) is 0 Å². The highest BCUT2D eigenvalue weighted by atomic mass is 35.5. The standard InChI is InChI=1S/C13H13Cl2N3O/c14-9-4-1-5-10(15)11(9)13-17-12(18-19-13)8-3-2-6-16-7-8/h1,4-5,8,16H,2-3,6-7H2. The Morgan fingerprint density at radius 2 is 2.05 bits per heavy atom. The summed E-state index contributed by atoms with van der Waals surface area (Å²) in [4.78, 5) is 4.44. The summed E-state index contributed by atoms with van der Waals surface area (Å²) in [5, 5.41) is 8.42. The predicted molar refractivity (Wildman–Crippen MR) is 74.6 cm³/mol. The largest absolute Gasteiger partial charge is 0.334 e. The van der Waals surface area contributed by atoms with Crippen molar-refractivity contribution in [2.75, 3.05) is 13.1 Å². The van der Waals surface area contributed by atoms with Crippen molar-refractivity contribution >= 4 is 23.2 Å². The van der Waals surface area contributed by atoms with Crippen molar-refractivity contribution < 1.29 is 4.52 Å². The van der Waals surface area contributed by atoms with Gasteiger partial charge in [-0.05, 0) is 31.5 Å². The molecule has 1 aliphatic rings. The lowest BCUT2D eigenvalue weighted by molar-refractivity contribution is 0.393. The Morgan fingerprint density at radius 3 is 2.74 bits per heavy atom. The number of aromatic nitrogens is 2. The fraction of sp³-hybridized carbons (Fsp3) is 0.385. The van der Waals surface area contributed by atoms with Crippen molar-refractivity contribution in [3.8, 4) is 11.5 Å². The fourth-order valence-electron chi connectivity index (χ4n) is 2.28. The zero-order chi connectivity index (χ0) is 13.2. The van der Waals surface area contributed by atoms with E-state index in [1.807, 2.05) is 0 Å². The number of nitrogens with one attached hydrogen (secondary N) is 1. The van der Waals surface area contributed by atoms with E-state index < -0.39 is 0 Å². The molecule has 2 aromatic rings. The van der Waals surface area contributed by atoms with E-state index >= 15 is 0 Å². The van der Waals surface area contributed by atoms with Gasteiger partial charge in [-0.15, -0.1) is 0 Å². The number of hydrogen-bond acceptors (Lipinski definition) is 4. The second-order valence-corrected chi connectivity index (χ2v) is 5.41. The highest BCUT2D eigenvalue weighted by Gasteiger charge is 2.22. The summed E-state index contributed by atoms with van der Waals surface area (Å²) in [7, 11) is 0. The Hall–Kier alpha value is -1.10. The van der Waals surface area contributed by atoms with Crippen LogP contribution in [-0.2, 0) is 0 Å². The first-order chi connectivity index (χ1) is 9.25. The van der Waals surface area contributed by atoms with Gasteiger partial charge >= 0.3 is 0 Å². The molecule has 0 spiro atoms. The van der Waals surface area contributed by atoms with E-state index in [1.54, 1.807) is 18.2 Å². The molecule has 1 fully saturated rings. The molecule has 0 amide bonds. The second-order valence-electron chi connectivity index (χ2n) is 4.60. The van der Waals surface area contributed by atoms with E-state index in [1.165, 1.54) is 0 Å². The van der Waals surface area contributed by atoms with Crippen molar-refractivity contribution in [3.05, 3.63) is 34.1 Å². The quantitative estimate of drug-likeness (QED) is 0.921. The maximum atomic E-state index is 6.13. The molecule has 1 aromatic carbocycles. The van der Waals surface area contributed by atoms with E-state index in [0.29, 0.717) is 27.4 Å². The van der Waals surface area contributed by atoms with E-state index in [4.69, 9.17) is 27.7 Å². The molecule has 19 heavy (non-hydrogen) atoms. The van der Waals surface area contributed by atoms with Crippen molar-refractivity contribution in [3.63, 3.8) is 0 Å². The molecular weight excluding hydrogens is 285 g/mol. The maximum absolute atomic E-state index is 6.13. The molecule has 6 heteroatoms. The Labute approximate surface area is 121 Å². The van der Waals surface area contributed by atoms with E-state index in [-0.39, 0.29) is 0 Å². The number of rotatable bonds is 2. The van der Waals surface area contributed by atoms with Crippen LogP contribution in [0.25, 0.3) is 11.5 Å². The van der Waals surface area contributed by atoms with Gasteiger partial charge in [-0.2, -0.15) is 4.98 Å². The van der Waals surface area contributed by atoms with Crippen LogP contribution in [0.15, 0.2) is 22.7 Å². The van der Waals surface area contributed by atoms with Gasteiger partial charge in [-0.3, -0.25) is 0 Å². The van der Waals surface area contributed by atoms with Gasteiger partial charge < -0.3 is 9.84 Å². The Kier molecular flexibility index (Phi) is 3.73. The molecule has 0 radical (unpaired) electrons. The highest BCUT2D eigenvalue weighted by molar-refractivity contribution is 6.38. The first-order valence-electron chi connectivity index (χ1n) is 6.24. The molecule has 1 saturated heterocycles. The van der Waals surface area contributed by atoms with Crippen LogP contribution in [0, 0.1) is 0 Å². The molecule has 1 aromatic heterocycles. The number of nitrogens with zero attached hydrogens (tertiary/aromatic N) is 2. The van der Waals surface area contributed by atoms with E-state index in [2.05, 4.69) is 15.5 Å². The Morgan fingerprint density at radius 1 is 1.26 bits per heavy atom. The van der Waals surface area contributed by atoms with Gasteiger partial charge in [0.2, 0.25) is 0 Å². The first-order valence-corrected chi connectivity index (χ1v) is 7.00. The van der Waals surface area contributed by atoms with E-state index in [9.17, 15) is 0 Å². The van der Waals surface area contributed by atoms with Crippen molar-refractivity contribution in [1.82, 2.24) is 15.5 Å². The molecular formula is C13H13Cl2N3O. The van der Waals surface area contributed by atoms with Gasteiger partial charge in [0.05, 0.1) is 15.6 Å². The average Bonchev–Trinajstić information content (AvgIpc) is 2.89. The van der Waals surface area contributed by atoms with E-state index in [0.717, 1.165) is 31.8 Å². The van der Waals surface area contributed by atoms with Gasteiger partial charge in [0.1, 0.15) is 0 Å². The molecule has 100 valence electrons. The lowest BCUT2D eigenvalue weighted by atomic mass is 9.99. The monoisotopic (exact) mass is 297 g/mol. The zero-order valence-electron chi connectivity index (χ0n) is 10.2. The highest BCUT2D eigenvalue weighted by Crippen LogP contribution is 2.34. The SMILES string of the molecule is Clc1cccc(Cl)c1-c1nc(C2CCCNC2)no1. The third-order valence-electron chi connectivity index (χ3n) is 3.28. The molecule has 0 saturated carbocycles. The smallest absolute Gasteiger partial charge is 0.260 e. The summed E-state index contributed by atoms with van der Waals surface area (Å²) in [6.07, 6.45) is 2.20. The van der Waals surface area contributed by atoms with Crippen molar-refractivity contribution in [1.29, 1.82) is 0 Å². The van der Waals surface area contributed by atoms with Crippen molar-refractivity contribution in [2.24, 2.45) is 0 Å². The predicted octanol–water partition coefficient (Wildman–Crippen LogP) is 3.51. The van der Waals surface area contributed by atoms with Crippen LogP contribution in [0.5, 0.6) is 0 Å². The minimum absolute atomic E-state index is 0.299. The molecule has 1 aliphatic heterocycles. The van der Waals surface area contributed by atoms with Gasteiger partial charge in [0, 0.05) is 12.5 Å². The Bertz CT molecular complexity index is 559. The lowest BCUT2D eigenvalue weighted by Crippen LogP contribution is -2.28. The first kappa shape index (κ1) is 12.9. The molecule has 0 aliphatic carbocycles. The molecule has 1 unspecified atom stereocenters. The summed E-state index contributed by atoms with van der Waals surface area (Å²) in [6, 6.07) is 5.31. The third-order valence-corrected chi connectivity index (χ3v) is 3.91. The molecule has 3 rings (SSSR count). The summed E-state index contributed by atoms with van der Waals surface area (Å²) in [6.45, 7) is 1.94. The van der Waals surface area contributed by atoms with Gasteiger partial charge in [-0.1, -0.05) is 34.4 Å². The van der Waals surface area contributed by atoms with Crippen LogP contribution in [-0.4, -0.2) is 23.2 Å². The number of hydrogen-bond donors (Lipinski definition) is 1. The zero-order valence-corrected chi connectivity index (χ0v) is 11.7. The van der Waals surface area contributed by atoms with Crippen LogP contribution < -0.4 is 5.32 Å². The second kappa shape index (κ2) is 5.49.